The average Bonchev–Trinajstić information content (AvgIpc) is 2.53. The van der Waals surface area contributed by atoms with Gasteiger partial charge in [-0.2, -0.15) is 0 Å². The van der Waals surface area contributed by atoms with E-state index in [1.165, 1.54) is 17.0 Å². The van der Waals surface area contributed by atoms with Crippen LogP contribution in [0.15, 0.2) is 24.3 Å². The predicted octanol–water partition coefficient (Wildman–Crippen LogP) is -0.566. The van der Waals surface area contributed by atoms with Crippen LogP contribution in [0.2, 0.25) is 0 Å². The standard InChI is InChI=1S/C14H20N4O3/c1-11(14(19)15-2)16-7-9-17(10-8-16)12-3-5-13(6-4-12)18(20)21/h3-6,11H,7-10H2,1-2H3,(H,15,19)/p+1/t11-/m1/s1. The second-order valence-electron chi connectivity index (χ2n) is 5.25. The van der Waals surface area contributed by atoms with E-state index in [2.05, 4.69) is 10.2 Å². The molecule has 0 spiro atoms. The number of hydrogen-bond acceptors (Lipinski definition) is 4. The number of non-ortho nitro benzene ring substituents is 1. The Morgan fingerprint density at radius 3 is 2.38 bits per heavy atom. The van der Waals surface area contributed by atoms with E-state index in [9.17, 15) is 14.9 Å². The minimum absolute atomic E-state index is 0.0472. The average molecular weight is 293 g/mol. The van der Waals surface area contributed by atoms with Crippen LogP contribution in [-0.2, 0) is 4.79 Å². The third kappa shape index (κ3) is 3.49. The van der Waals surface area contributed by atoms with Gasteiger partial charge in [-0.25, -0.2) is 0 Å². The molecule has 2 N–H and O–H groups in total. The van der Waals surface area contributed by atoms with Crippen molar-refractivity contribution >= 4 is 17.3 Å². The molecule has 0 radical (unpaired) electrons. The number of rotatable bonds is 4. The van der Waals surface area contributed by atoms with Crippen molar-refractivity contribution in [2.75, 3.05) is 38.1 Å². The number of anilines is 1. The number of likely N-dealkylation sites (N-methyl/N-ethyl adjacent to an activating group) is 1. The number of carbonyl (C=O) groups is 1. The number of nitro benzene ring substituents is 1. The van der Waals surface area contributed by atoms with Gasteiger partial charge in [-0.15, -0.1) is 0 Å². The first-order valence-corrected chi connectivity index (χ1v) is 7.08. The predicted molar refractivity (Wildman–Crippen MR) is 79.5 cm³/mol. The maximum atomic E-state index is 11.7. The third-order valence-corrected chi connectivity index (χ3v) is 4.08. The summed E-state index contributed by atoms with van der Waals surface area (Å²) in [5, 5.41) is 13.3. The van der Waals surface area contributed by atoms with E-state index in [4.69, 9.17) is 0 Å². The Morgan fingerprint density at radius 2 is 1.90 bits per heavy atom. The van der Waals surface area contributed by atoms with Crippen LogP contribution in [0.5, 0.6) is 0 Å². The molecule has 1 aromatic carbocycles. The number of quaternary nitrogens is 1. The number of benzene rings is 1. The number of amides is 1. The highest BCUT2D eigenvalue weighted by molar-refractivity contribution is 5.79. The minimum atomic E-state index is -0.392. The maximum absolute atomic E-state index is 11.7. The van der Waals surface area contributed by atoms with Crippen molar-refractivity contribution in [3.63, 3.8) is 0 Å². The molecule has 1 aromatic rings. The zero-order valence-corrected chi connectivity index (χ0v) is 12.3. The van der Waals surface area contributed by atoms with Crippen LogP contribution in [0, 0.1) is 10.1 Å². The quantitative estimate of drug-likeness (QED) is 0.576. The molecule has 1 amide bonds. The lowest BCUT2D eigenvalue weighted by Crippen LogP contribution is -3.19. The molecule has 0 bridgehead atoms. The van der Waals surface area contributed by atoms with Gasteiger partial charge in [-0.05, 0) is 19.1 Å². The van der Waals surface area contributed by atoms with Crippen LogP contribution in [0.3, 0.4) is 0 Å². The van der Waals surface area contributed by atoms with Gasteiger partial charge in [-0.3, -0.25) is 14.9 Å². The molecule has 114 valence electrons. The van der Waals surface area contributed by atoms with Crippen molar-refractivity contribution in [3.8, 4) is 0 Å². The molecular formula is C14H21N4O3+. The molecule has 7 heteroatoms. The summed E-state index contributed by atoms with van der Waals surface area (Å²) in [6, 6.07) is 6.58. The molecule has 0 aliphatic carbocycles. The first-order valence-electron chi connectivity index (χ1n) is 7.08. The van der Waals surface area contributed by atoms with E-state index in [0.717, 1.165) is 31.9 Å². The highest BCUT2D eigenvalue weighted by atomic mass is 16.6. The normalized spacial score (nSPS) is 17.3. The molecule has 1 aliphatic rings. The van der Waals surface area contributed by atoms with Gasteiger partial charge in [0.2, 0.25) is 0 Å². The number of nitrogens with one attached hydrogen (secondary N) is 2. The van der Waals surface area contributed by atoms with Crippen molar-refractivity contribution in [2.45, 2.75) is 13.0 Å². The van der Waals surface area contributed by atoms with Gasteiger partial charge in [0.25, 0.3) is 11.6 Å². The molecule has 21 heavy (non-hydrogen) atoms. The number of nitro groups is 1. The van der Waals surface area contributed by atoms with Gasteiger partial charge >= 0.3 is 0 Å². The summed E-state index contributed by atoms with van der Waals surface area (Å²) >= 11 is 0. The molecule has 2 rings (SSSR count). The van der Waals surface area contributed by atoms with Gasteiger partial charge < -0.3 is 15.1 Å². The smallest absolute Gasteiger partial charge is 0.277 e. The molecule has 1 atom stereocenters. The zero-order valence-electron chi connectivity index (χ0n) is 12.3. The van der Waals surface area contributed by atoms with Crippen LogP contribution in [0.1, 0.15) is 6.92 Å². The number of hydrogen-bond donors (Lipinski definition) is 2. The molecule has 7 nitrogen and oxygen atoms in total. The number of piperazine rings is 1. The second kappa shape index (κ2) is 6.53. The largest absolute Gasteiger partial charge is 0.360 e. The van der Waals surface area contributed by atoms with Gasteiger partial charge in [0.05, 0.1) is 31.1 Å². The van der Waals surface area contributed by atoms with E-state index in [1.54, 1.807) is 19.2 Å². The van der Waals surface area contributed by atoms with E-state index in [-0.39, 0.29) is 17.6 Å². The van der Waals surface area contributed by atoms with Gasteiger partial charge in [0.15, 0.2) is 6.04 Å². The Labute approximate surface area is 123 Å². The summed E-state index contributed by atoms with van der Waals surface area (Å²) in [5.41, 5.74) is 1.10. The molecule has 1 aliphatic heterocycles. The number of carbonyl (C=O) groups excluding carboxylic acids is 1. The fraction of sp³-hybridized carbons (Fsp3) is 0.500. The van der Waals surface area contributed by atoms with Crippen LogP contribution in [-0.4, -0.2) is 50.1 Å². The molecule has 0 unspecified atom stereocenters. The Bertz CT molecular complexity index is 509. The van der Waals surface area contributed by atoms with Crippen LogP contribution in [0.25, 0.3) is 0 Å². The molecule has 1 heterocycles. The molecule has 1 fully saturated rings. The van der Waals surface area contributed by atoms with Crippen LogP contribution < -0.4 is 15.1 Å². The Balaban J connectivity index is 1.94. The molecule has 1 saturated heterocycles. The van der Waals surface area contributed by atoms with Crippen LogP contribution in [0.4, 0.5) is 11.4 Å². The van der Waals surface area contributed by atoms with E-state index >= 15 is 0 Å². The Morgan fingerprint density at radius 1 is 1.33 bits per heavy atom. The molecular weight excluding hydrogens is 272 g/mol. The lowest BCUT2D eigenvalue weighted by atomic mass is 10.2. The van der Waals surface area contributed by atoms with E-state index in [1.807, 2.05) is 6.92 Å². The lowest BCUT2D eigenvalue weighted by Gasteiger charge is -2.35. The fourth-order valence-corrected chi connectivity index (χ4v) is 2.67. The number of nitrogens with zero attached hydrogens (tertiary/aromatic N) is 2. The first-order chi connectivity index (χ1) is 10.0. The van der Waals surface area contributed by atoms with Crippen LogP contribution >= 0.6 is 0 Å². The maximum Gasteiger partial charge on any atom is 0.277 e. The van der Waals surface area contributed by atoms with Crippen molar-refractivity contribution in [3.05, 3.63) is 34.4 Å². The monoisotopic (exact) mass is 293 g/mol. The summed E-state index contributed by atoms with van der Waals surface area (Å²) in [4.78, 5) is 25.4. The Hall–Kier alpha value is -2.15. The summed E-state index contributed by atoms with van der Waals surface area (Å²) in [6.45, 7) is 5.38. The van der Waals surface area contributed by atoms with E-state index < -0.39 is 4.92 Å². The summed E-state index contributed by atoms with van der Waals surface area (Å²) in [5.74, 6) is 0.0637. The van der Waals surface area contributed by atoms with Crippen molar-refractivity contribution in [2.24, 2.45) is 0 Å². The topological polar surface area (TPSA) is 79.9 Å². The zero-order chi connectivity index (χ0) is 15.4. The first kappa shape index (κ1) is 15.2. The SMILES string of the molecule is CNC(=O)[C@@H](C)[NH+]1CCN(c2ccc([N+](=O)[O-])cc2)CC1. The van der Waals surface area contributed by atoms with Gasteiger partial charge in [0.1, 0.15) is 0 Å². The summed E-state index contributed by atoms with van der Waals surface area (Å²) in [7, 11) is 1.66. The van der Waals surface area contributed by atoms with Gasteiger partial charge in [0, 0.05) is 24.9 Å². The molecule has 0 saturated carbocycles. The third-order valence-electron chi connectivity index (χ3n) is 4.08. The van der Waals surface area contributed by atoms with Crippen molar-refractivity contribution in [1.29, 1.82) is 0 Å². The van der Waals surface area contributed by atoms with Gasteiger partial charge in [-0.1, -0.05) is 0 Å². The fourth-order valence-electron chi connectivity index (χ4n) is 2.67. The summed E-state index contributed by atoms with van der Waals surface area (Å²) in [6.07, 6.45) is 0. The lowest BCUT2D eigenvalue weighted by molar-refractivity contribution is -0.914. The molecule has 0 aromatic heterocycles. The van der Waals surface area contributed by atoms with Crippen molar-refractivity contribution in [1.82, 2.24) is 5.32 Å². The summed E-state index contributed by atoms with van der Waals surface area (Å²) < 4.78 is 0. The van der Waals surface area contributed by atoms with E-state index in [0.29, 0.717) is 0 Å². The Kier molecular flexibility index (Phi) is 4.74. The highest BCUT2D eigenvalue weighted by Crippen LogP contribution is 2.19. The highest BCUT2D eigenvalue weighted by Gasteiger charge is 2.28. The second-order valence-corrected chi connectivity index (χ2v) is 5.25. The minimum Gasteiger partial charge on any atom is -0.360 e. The van der Waals surface area contributed by atoms with Crippen molar-refractivity contribution < 1.29 is 14.6 Å².